The van der Waals surface area contributed by atoms with Crippen molar-refractivity contribution in [3.05, 3.63) is 0 Å². The van der Waals surface area contributed by atoms with Crippen LogP contribution in [0.2, 0.25) is 0 Å². The van der Waals surface area contributed by atoms with Crippen molar-refractivity contribution >= 4 is 29.4 Å². The molecule has 0 aliphatic rings. The van der Waals surface area contributed by atoms with Crippen molar-refractivity contribution < 1.29 is 19.1 Å². The van der Waals surface area contributed by atoms with Gasteiger partial charge in [0, 0.05) is 13.8 Å². The lowest BCUT2D eigenvalue weighted by molar-refractivity contribution is -0.153. The molecule has 2 N–H and O–H groups in total. The fourth-order valence-electron chi connectivity index (χ4n) is 1.03. The number of hydrogen-bond acceptors (Lipinski definition) is 4. The number of hydrogen-bond donors (Lipinski definition) is 2. The molecule has 0 spiro atoms. The standard InChI is InChI=1S/C8H13ClN2O4/c1-5(12)10-8(4-9,7(14)15-3)11-6(2)13/h4H2,1-3H3,(H,10,12)(H,11,13). The number of methoxy groups -OCH3 is 1. The summed E-state index contributed by atoms with van der Waals surface area (Å²) in [7, 11) is 1.13. The van der Waals surface area contributed by atoms with Gasteiger partial charge in [0.2, 0.25) is 17.5 Å². The van der Waals surface area contributed by atoms with Gasteiger partial charge in [-0.1, -0.05) is 0 Å². The molecule has 0 aromatic rings. The Kier molecular flexibility index (Phi) is 5.07. The van der Waals surface area contributed by atoms with Crippen molar-refractivity contribution in [2.24, 2.45) is 0 Å². The van der Waals surface area contributed by atoms with Gasteiger partial charge < -0.3 is 15.4 Å². The second kappa shape index (κ2) is 5.55. The zero-order chi connectivity index (χ0) is 12.1. The van der Waals surface area contributed by atoms with Crippen LogP contribution in [-0.2, 0) is 19.1 Å². The van der Waals surface area contributed by atoms with Crippen LogP contribution in [0.4, 0.5) is 0 Å². The van der Waals surface area contributed by atoms with Gasteiger partial charge in [0.1, 0.15) is 0 Å². The highest BCUT2D eigenvalue weighted by Crippen LogP contribution is 2.06. The minimum atomic E-state index is -1.70. The van der Waals surface area contributed by atoms with Gasteiger partial charge in [-0.25, -0.2) is 4.79 Å². The van der Waals surface area contributed by atoms with Crippen LogP contribution < -0.4 is 10.6 Å². The van der Waals surface area contributed by atoms with Crippen LogP contribution >= 0.6 is 11.6 Å². The predicted molar refractivity (Wildman–Crippen MR) is 53.1 cm³/mol. The summed E-state index contributed by atoms with van der Waals surface area (Å²) in [5.41, 5.74) is -1.70. The van der Waals surface area contributed by atoms with E-state index in [4.69, 9.17) is 11.6 Å². The molecule has 0 saturated carbocycles. The normalized spacial score (nSPS) is 10.4. The maximum atomic E-state index is 11.4. The molecule has 0 rings (SSSR count). The predicted octanol–water partition coefficient (Wildman–Crippen LogP) is -0.633. The quantitative estimate of drug-likeness (QED) is 0.387. The SMILES string of the molecule is COC(=O)C(CCl)(NC(C)=O)NC(C)=O. The lowest BCUT2D eigenvalue weighted by Gasteiger charge is -2.29. The monoisotopic (exact) mass is 236 g/mol. The summed E-state index contributed by atoms with van der Waals surface area (Å²) >= 11 is 5.56. The smallest absolute Gasteiger partial charge is 0.354 e. The number of esters is 1. The first-order valence-corrected chi connectivity index (χ1v) is 4.63. The molecule has 0 atom stereocenters. The first-order valence-electron chi connectivity index (χ1n) is 4.10. The van der Waals surface area contributed by atoms with Gasteiger partial charge in [0.05, 0.1) is 13.0 Å². The minimum Gasteiger partial charge on any atom is -0.466 e. The van der Waals surface area contributed by atoms with E-state index in [0.717, 1.165) is 7.11 Å². The average Bonchev–Trinajstić information content (AvgIpc) is 2.13. The summed E-state index contributed by atoms with van der Waals surface area (Å²) in [5, 5.41) is 4.50. The Morgan fingerprint density at radius 1 is 1.20 bits per heavy atom. The molecule has 7 heteroatoms. The van der Waals surface area contributed by atoms with Crippen LogP contribution in [0.5, 0.6) is 0 Å². The van der Waals surface area contributed by atoms with Crippen molar-refractivity contribution in [1.29, 1.82) is 0 Å². The van der Waals surface area contributed by atoms with E-state index in [2.05, 4.69) is 15.4 Å². The Hall–Kier alpha value is -1.30. The number of rotatable bonds is 4. The molecule has 15 heavy (non-hydrogen) atoms. The molecule has 0 radical (unpaired) electrons. The van der Waals surface area contributed by atoms with Gasteiger partial charge >= 0.3 is 5.97 Å². The number of ether oxygens (including phenoxy) is 1. The van der Waals surface area contributed by atoms with Crippen LogP contribution in [-0.4, -0.2) is 36.4 Å². The number of carbonyl (C=O) groups is 3. The average molecular weight is 237 g/mol. The largest absolute Gasteiger partial charge is 0.466 e. The molecule has 0 heterocycles. The number of halogens is 1. The number of nitrogens with one attached hydrogen (secondary N) is 2. The summed E-state index contributed by atoms with van der Waals surface area (Å²) in [6.45, 7) is 2.40. The molecule has 0 saturated heterocycles. The maximum Gasteiger partial charge on any atom is 0.354 e. The van der Waals surface area contributed by atoms with Crippen LogP contribution in [0.25, 0.3) is 0 Å². The number of amides is 2. The van der Waals surface area contributed by atoms with E-state index in [1.54, 1.807) is 0 Å². The number of alkyl halides is 1. The summed E-state index contributed by atoms with van der Waals surface area (Å²) < 4.78 is 4.46. The van der Waals surface area contributed by atoms with Crippen LogP contribution in [0, 0.1) is 0 Å². The van der Waals surface area contributed by atoms with Crippen LogP contribution in [0.3, 0.4) is 0 Å². The summed E-state index contributed by atoms with van der Waals surface area (Å²) in [5.74, 6) is -2.16. The van der Waals surface area contributed by atoms with Gasteiger partial charge in [-0.3, -0.25) is 9.59 Å². The fraction of sp³-hybridized carbons (Fsp3) is 0.625. The van der Waals surface area contributed by atoms with E-state index >= 15 is 0 Å². The molecule has 0 aromatic carbocycles. The van der Waals surface area contributed by atoms with E-state index in [0.29, 0.717) is 0 Å². The molecule has 0 unspecified atom stereocenters. The second-order valence-corrected chi connectivity index (χ2v) is 3.16. The van der Waals surface area contributed by atoms with E-state index in [-0.39, 0.29) is 5.88 Å². The molecule has 0 aliphatic heterocycles. The Bertz CT molecular complexity index is 264. The van der Waals surface area contributed by atoms with Gasteiger partial charge in [0.25, 0.3) is 0 Å². The highest BCUT2D eigenvalue weighted by Gasteiger charge is 2.40. The zero-order valence-corrected chi connectivity index (χ0v) is 9.47. The molecular weight excluding hydrogens is 224 g/mol. The van der Waals surface area contributed by atoms with Gasteiger partial charge in [0.15, 0.2) is 0 Å². The van der Waals surface area contributed by atoms with Gasteiger partial charge in [-0.15, -0.1) is 11.6 Å². The minimum absolute atomic E-state index is 0.321. The highest BCUT2D eigenvalue weighted by molar-refractivity contribution is 6.21. The highest BCUT2D eigenvalue weighted by atomic mass is 35.5. The molecule has 0 bridgehead atoms. The Balaban J connectivity index is 4.99. The van der Waals surface area contributed by atoms with Crippen molar-refractivity contribution in [1.82, 2.24) is 10.6 Å². The first-order chi connectivity index (χ1) is 6.88. The van der Waals surface area contributed by atoms with Crippen molar-refractivity contribution in [2.75, 3.05) is 13.0 Å². The molecule has 0 aromatic heterocycles. The Morgan fingerprint density at radius 3 is 1.80 bits per heavy atom. The summed E-state index contributed by atoms with van der Waals surface area (Å²) in [6, 6.07) is 0. The van der Waals surface area contributed by atoms with E-state index in [9.17, 15) is 14.4 Å². The van der Waals surface area contributed by atoms with Crippen LogP contribution in [0.15, 0.2) is 0 Å². The first kappa shape index (κ1) is 13.7. The van der Waals surface area contributed by atoms with Crippen molar-refractivity contribution in [3.63, 3.8) is 0 Å². The molecule has 6 nitrogen and oxygen atoms in total. The van der Waals surface area contributed by atoms with Gasteiger partial charge in [-0.2, -0.15) is 0 Å². The molecular formula is C8H13ClN2O4. The molecule has 0 fully saturated rings. The second-order valence-electron chi connectivity index (χ2n) is 2.89. The van der Waals surface area contributed by atoms with Crippen LogP contribution in [0.1, 0.15) is 13.8 Å². The fourth-order valence-corrected chi connectivity index (χ4v) is 1.27. The topological polar surface area (TPSA) is 84.5 Å². The van der Waals surface area contributed by atoms with Crippen molar-refractivity contribution in [2.45, 2.75) is 19.5 Å². The van der Waals surface area contributed by atoms with E-state index in [1.807, 2.05) is 0 Å². The maximum absolute atomic E-state index is 11.4. The third-order valence-corrected chi connectivity index (χ3v) is 1.91. The third kappa shape index (κ3) is 3.75. The molecule has 0 aliphatic carbocycles. The zero-order valence-electron chi connectivity index (χ0n) is 8.72. The van der Waals surface area contributed by atoms with Gasteiger partial charge in [-0.05, 0) is 0 Å². The van der Waals surface area contributed by atoms with Crippen molar-refractivity contribution in [3.8, 4) is 0 Å². The van der Waals surface area contributed by atoms with E-state index < -0.39 is 23.4 Å². The van der Waals surface area contributed by atoms with E-state index in [1.165, 1.54) is 13.8 Å². The lowest BCUT2D eigenvalue weighted by atomic mass is 10.2. The molecule has 2 amide bonds. The number of carbonyl (C=O) groups excluding carboxylic acids is 3. The Morgan fingerprint density at radius 2 is 1.60 bits per heavy atom. The third-order valence-electron chi connectivity index (χ3n) is 1.51. The Labute approximate surface area is 92.3 Å². The summed E-state index contributed by atoms with van der Waals surface area (Å²) in [6.07, 6.45) is 0. The summed E-state index contributed by atoms with van der Waals surface area (Å²) in [4.78, 5) is 33.2. The lowest BCUT2D eigenvalue weighted by Crippen LogP contribution is -2.66. The molecule has 86 valence electrons.